The smallest absolute Gasteiger partial charge is 0.322 e. The third kappa shape index (κ3) is 2.73. The number of rotatable bonds is 4. The van der Waals surface area contributed by atoms with Crippen molar-refractivity contribution < 1.29 is 9.53 Å². The number of esters is 1. The highest BCUT2D eigenvalue weighted by Crippen LogP contribution is 2.25. The molecule has 2 heterocycles. The van der Waals surface area contributed by atoms with Gasteiger partial charge in [-0.15, -0.1) is 11.3 Å². The normalized spacial score (nSPS) is 12.6. The van der Waals surface area contributed by atoms with Gasteiger partial charge in [-0.2, -0.15) is 0 Å². The van der Waals surface area contributed by atoms with Crippen LogP contribution < -0.4 is 10.9 Å². The van der Waals surface area contributed by atoms with Crippen LogP contribution >= 0.6 is 11.3 Å². The van der Waals surface area contributed by atoms with Gasteiger partial charge in [-0.3, -0.25) is 14.9 Å². The predicted molar refractivity (Wildman–Crippen MR) is 78.0 cm³/mol. The van der Waals surface area contributed by atoms with Crippen molar-refractivity contribution in [2.24, 2.45) is 0 Å². The molecule has 2 N–H and O–H groups in total. The second-order valence-electron chi connectivity index (χ2n) is 4.60. The summed E-state index contributed by atoms with van der Waals surface area (Å²) < 4.78 is 4.62. The number of aromatic nitrogens is 2. The Morgan fingerprint density at radius 2 is 2.20 bits per heavy atom. The summed E-state index contributed by atoms with van der Waals surface area (Å²) in [5, 5.41) is 3.61. The van der Waals surface area contributed by atoms with E-state index in [-0.39, 0.29) is 11.5 Å². The van der Waals surface area contributed by atoms with E-state index in [9.17, 15) is 9.59 Å². The summed E-state index contributed by atoms with van der Waals surface area (Å²) in [6.45, 7) is 5.89. The molecule has 0 fully saturated rings. The van der Waals surface area contributed by atoms with Gasteiger partial charge in [0.1, 0.15) is 16.7 Å². The fraction of sp³-hybridized carbons (Fsp3) is 0.462. The standard InChI is InChI=1S/C13H17N3O3S/c1-6-8(3)20-12-10(6)11(17)15-9(16-12)5-14-7(2)13(18)19-4/h7,14H,5H2,1-4H3,(H,15,16,17). The van der Waals surface area contributed by atoms with Crippen LogP contribution in [0.2, 0.25) is 0 Å². The van der Waals surface area contributed by atoms with Crippen LogP contribution in [-0.2, 0) is 16.1 Å². The molecule has 0 aromatic carbocycles. The molecular formula is C13H17N3O3S. The molecule has 0 aliphatic carbocycles. The number of H-pyrrole nitrogens is 1. The van der Waals surface area contributed by atoms with Gasteiger partial charge in [0.05, 0.1) is 19.0 Å². The first kappa shape index (κ1) is 14.7. The first-order chi connectivity index (χ1) is 9.43. The first-order valence-electron chi connectivity index (χ1n) is 6.24. The number of methoxy groups -OCH3 is 1. The van der Waals surface area contributed by atoms with Gasteiger partial charge >= 0.3 is 5.97 Å². The van der Waals surface area contributed by atoms with Crippen LogP contribution in [-0.4, -0.2) is 29.1 Å². The Morgan fingerprint density at radius 3 is 2.85 bits per heavy atom. The summed E-state index contributed by atoms with van der Waals surface area (Å²) >= 11 is 1.50. The molecule has 6 nitrogen and oxygen atoms in total. The van der Waals surface area contributed by atoms with Crippen LogP contribution in [0.3, 0.4) is 0 Å². The quantitative estimate of drug-likeness (QED) is 0.829. The summed E-state index contributed by atoms with van der Waals surface area (Å²) in [5.41, 5.74) is 0.834. The average molecular weight is 295 g/mol. The summed E-state index contributed by atoms with van der Waals surface area (Å²) in [4.78, 5) is 32.3. The molecule has 1 atom stereocenters. The molecule has 0 radical (unpaired) electrons. The molecule has 1 unspecified atom stereocenters. The zero-order valence-corrected chi connectivity index (χ0v) is 12.7. The van der Waals surface area contributed by atoms with Crippen molar-refractivity contribution in [3.05, 3.63) is 26.6 Å². The molecule has 0 spiro atoms. The Labute approximate surface area is 120 Å². The number of carbonyl (C=O) groups excluding carboxylic acids is 1. The fourth-order valence-corrected chi connectivity index (χ4v) is 2.94. The van der Waals surface area contributed by atoms with Crippen LogP contribution in [0.5, 0.6) is 0 Å². The Hall–Kier alpha value is -1.73. The summed E-state index contributed by atoms with van der Waals surface area (Å²) in [6.07, 6.45) is 0. The van der Waals surface area contributed by atoms with E-state index in [1.807, 2.05) is 13.8 Å². The third-order valence-corrected chi connectivity index (χ3v) is 4.32. The zero-order chi connectivity index (χ0) is 14.9. The van der Waals surface area contributed by atoms with E-state index in [2.05, 4.69) is 20.0 Å². The molecule has 0 aliphatic heterocycles. The van der Waals surface area contributed by atoms with Gasteiger partial charge in [-0.25, -0.2) is 4.98 Å². The fourth-order valence-electron chi connectivity index (χ4n) is 1.89. The van der Waals surface area contributed by atoms with Crippen molar-refractivity contribution in [1.29, 1.82) is 0 Å². The summed E-state index contributed by atoms with van der Waals surface area (Å²) in [6, 6.07) is -0.451. The number of thiophene rings is 1. The highest BCUT2D eigenvalue weighted by atomic mass is 32.1. The Morgan fingerprint density at radius 1 is 1.50 bits per heavy atom. The molecule has 2 aromatic rings. The second-order valence-corrected chi connectivity index (χ2v) is 5.80. The summed E-state index contributed by atoms with van der Waals surface area (Å²) in [7, 11) is 1.34. The maximum Gasteiger partial charge on any atom is 0.322 e. The van der Waals surface area contributed by atoms with Gasteiger partial charge in [-0.05, 0) is 26.3 Å². The monoisotopic (exact) mass is 295 g/mol. The van der Waals surface area contributed by atoms with Crippen molar-refractivity contribution in [2.45, 2.75) is 33.4 Å². The molecule has 108 valence electrons. The number of ether oxygens (including phenoxy) is 1. The van der Waals surface area contributed by atoms with Gasteiger partial charge in [0.25, 0.3) is 5.56 Å². The SMILES string of the molecule is COC(=O)C(C)NCc1nc2sc(C)c(C)c2c(=O)[nH]1. The second kappa shape index (κ2) is 5.72. The number of aryl methyl sites for hydroxylation is 2. The molecule has 2 aromatic heterocycles. The van der Waals surface area contributed by atoms with Crippen LogP contribution in [0.1, 0.15) is 23.2 Å². The molecule has 0 saturated heterocycles. The van der Waals surface area contributed by atoms with Gasteiger partial charge in [-0.1, -0.05) is 0 Å². The van der Waals surface area contributed by atoms with Crippen molar-refractivity contribution in [2.75, 3.05) is 7.11 Å². The number of fused-ring (bicyclic) bond motifs is 1. The number of hydrogen-bond acceptors (Lipinski definition) is 6. The lowest BCUT2D eigenvalue weighted by atomic mass is 10.2. The lowest BCUT2D eigenvalue weighted by molar-refractivity contribution is -0.142. The van der Waals surface area contributed by atoms with E-state index in [0.29, 0.717) is 17.8 Å². The molecular weight excluding hydrogens is 278 g/mol. The molecule has 0 aliphatic rings. The highest BCUT2D eigenvalue weighted by Gasteiger charge is 2.14. The largest absolute Gasteiger partial charge is 0.468 e. The molecule has 0 amide bonds. The van der Waals surface area contributed by atoms with Crippen LogP contribution in [0, 0.1) is 13.8 Å². The van der Waals surface area contributed by atoms with Gasteiger partial charge in [0, 0.05) is 4.88 Å². The van der Waals surface area contributed by atoms with Crippen molar-refractivity contribution in [3.8, 4) is 0 Å². The molecule has 2 rings (SSSR count). The number of nitrogens with one attached hydrogen (secondary N) is 2. The van der Waals surface area contributed by atoms with E-state index in [0.717, 1.165) is 15.3 Å². The lowest BCUT2D eigenvalue weighted by Crippen LogP contribution is -2.35. The minimum absolute atomic E-state index is 0.139. The highest BCUT2D eigenvalue weighted by molar-refractivity contribution is 7.18. The van der Waals surface area contributed by atoms with E-state index in [4.69, 9.17) is 0 Å². The average Bonchev–Trinajstić information content (AvgIpc) is 2.70. The number of hydrogen-bond donors (Lipinski definition) is 2. The minimum atomic E-state index is -0.451. The van der Waals surface area contributed by atoms with E-state index >= 15 is 0 Å². The van der Waals surface area contributed by atoms with Crippen LogP contribution in [0.4, 0.5) is 0 Å². The molecule has 20 heavy (non-hydrogen) atoms. The minimum Gasteiger partial charge on any atom is -0.468 e. The van der Waals surface area contributed by atoms with Crippen LogP contribution in [0.25, 0.3) is 10.2 Å². The maximum absolute atomic E-state index is 12.1. The van der Waals surface area contributed by atoms with Gasteiger partial charge in [0.15, 0.2) is 0 Å². The van der Waals surface area contributed by atoms with Crippen molar-refractivity contribution in [1.82, 2.24) is 15.3 Å². The Balaban J connectivity index is 2.24. The topological polar surface area (TPSA) is 84.1 Å². The number of nitrogens with zero attached hydrogens (tertiary/aromatic N) is 1. The van der Waals surface area contributed by atoms with E-state index in [1.165, 1.54) is 18.4 Å². The van der Waals surface area contributed by atoms with E-state index in [1.54, 1.807) is 6.92 Å². The van der Waals surface area contributed by atoms with Gasteiger partial charge < -0.3 is 9.72 Å². The predicted octanol–water partition coefficient (Wildman–Crippen LogP) is 1.25. The Bertz CT molecular complexity index is 705. The van der Waals surface area contributed by atoms with Crippen LogP contribution in [0.15, 0.2) is 4.79 Å². The Kier molecular flexibility index (Phi) is 4.20. The lowest BCUT2D eigenvalue weighted by Gasteiger charge is -2.10. The number of carbonyl (C=O) groups is 1. The summed E-state index contributed by atoms with van der Waals surface area (Å²) in [5.74, 6) is 0.163. The molecule has 0 bridgehead atoms. The first-order valence-corrected chi connectivity index (χ1v) is 7.05. The van der Waals surface area contributed by atoms with Crippen molar-refractivity contribution in [3.63, 3.8) is 0 Å². The molecule has 0 saturated carbocycles. The number of aromatic amines is 1. The van der Waals surface area contributed by atoms with Crippen molar-refractivity contribution >= 4 is 27.5 Å². The van der Waals surface area contributed by atoms with E-state index < -0.39 is 6.04 Å². The third-order valence-electron chi connectivity index (χ3n) is 3.22. The van der Waals surface area contributed by atoms with Gasteiger partial charge in [0.2, 0.25) is 0 Å². The maximum atomic E-state index is 12.1. The zero-order valence-electron chi connectivity index (χ0n) is 11.9. The molecule has 7 heteroatoms.